The number of halogens is 1. The van der Waals surface area contributed by atoms with Crippen molar-refractivity contribution in [1.82, 2.24) is 10.2 Å². The van der Waals surface area contributed by atoms with E-state index in [1.807, 2.05) is 52.8 Å². The highest BCUT2D eigenvalue weighted by atomic mass is 35.5. The minimum atomic E-state index is -3.80. The molecule has 0 aliphatic rings. The molecular formula is C27H38ClN3O4S. The number of hydrogen-bond acceptors (Lipinski definition) is 4. The van der Waals surface area contributed by atoms with Crippen LogP contribution in [-0.2, 0) is 26.2 Å². The number of benzene rings is 2. The SMILES string of the molecule is CC[C@@H](C)NC(=O)[C@@H](CC)N(Cc1ccccc1Cl)C(=O)CN(c1ccccc1C(C)C)S(C)(=O)=O. The third-order valence-electron chi connectivity index (χ3n) is 6.19. The predicted molar refractivity (Wildman–Crippen MR) is 147 cm³/mol. The van der Waals surface area contributed by atoms with E-state index in [-0.39, 0.29) is 24.4 Å². The number of rotatable bonds is 12. The van der Waals surface area contributed by atoms with Crippen molar-refractivity contribution >= 4 is 39.1 Å². The molecule has 0 radical (unpaired) electrons. The number of para-hydroxylation sites is 1. The molecule has 0 aliphatic heterocycles. The van der Waals surface area contributed by atoms with Gasteiger partial charge in [0.1, 0.15) is 12.6 Å². The Labute approximate surface area is 220 Å². The largest absolute Gasteiger partial charge is 0.352 e. The average molecular weight is 536 g/mol. The summed E-state index contributed by atoms with van der Waals surface area (Å²) in [5.74, 6) is -0.713. The highest BCUT2D eigenvalue weighted by Gasteiger charge is 2.33. The fraction of sp³-hybridized carbons (Fsp3) is 0.481. The van der Waals surface area contributed by atoms with Gasteiger partial charge in [0.25, 0.3) is 0 Å². The summed E-state index contributed by atoms with van der Waals surface area (Å²) in [5.41, 5.74) is 1.95. The van der Waals surface area contributed by atoms with Gasteiger partial charge in [-0.3, -0.25) is 13.9 Å². The first-order valence-corrected chi connectivity index (χ1v) is 14.5. The lowest BCUT2D eigenvalue weighted by atomic mass is 10.0. The quantitative estimate of drug-likeness (QED) is 0.416. The first kappa shape index (κ1) is 29.6. The molecule has 2 atom stereocenters. The van der Waals surface area contributed by atoms with E-state index in [1.165, 1.54) is 4.90 Å². The number of nitrogens with zero attached hydrogens (tertiary/aromatic N) is 2. The van der Waals surface area contributed by atoms with Crippen LogP contribution in [0.3, 0.4) is 0 Å². The topological polar surface area (TPSA) is 86.8 Å². The minimum absolute atomic E-state index is 0.0458. The third kappa shape index (κ3) is 7.71. The molecule has 0 unspecified atom stereocenters. The minimum Gasteiger partial charge on any atom is -0.352 e. The molecule has 9 heteroatoms. The van der Waals surface area contributed by atoms with Gasteiger partial charge in [0, 0.05) is 17.6 Å². The molecule has 2 aromatic rings. The first-order valence-electron chi connectivity index (χ1n) is 12.3. The molecule has 198 valence electrons. The second-order valence-electron chi connectivity index (χ2n) is 9.34. The molecule has 0 aliphatic carbocycles. The summed E-state index contributed by atoms with van der Waals surface area (Å²) in [6, 6.07) is 13.4. The summed E-state index contributed by atoms with van der Waals surface area (Å²) >= 11 is 6.39. The van der Waals surface area contributed by atoms with E-state index < -0.39 is 28.5 Å². The van der Waals surface area contributed by atoms with Gasteiger partial charge in [0.15, 0.2) is 0 Å². The Morgan fingerprint density at radius 3 is 2.14 bits per heavy atom. The van der Waals surface area contributed by atoms with Gasteiger partial charge in [-0.1, -0.05) is 75.7 Å². The van der Waals surface area contributed by atoms with Gasteiger partial charge < -0.3 is 10.2 Å². The van der Waals surface area contributed by atoms with Gasteiger partial charge in [0.2, 0.25) is 21.8 Å². The lowest BCUT2D eigenvalue weighted by molar-refractivity contribution is -0.140. The summed E-state index contributed by atoms with van der Waals surface area (Å²) < 4.78 is 26.9. The first-order chi connectivity index (χ1) is 16.9. The van der Waals surface area contributed by atoms with Crippen molar-refractivity contribution in [2.75, 3.05) is 17.1 Å². The number of carbonyl (C=O) groups is 2. The van der Waals surface area contributed by atoms with Gasteiger partial charge in [-0.15, -0.1) is 0 Å². The molecule has 36 heavy (non-hydrogen) atoms. The number of sulfonamides is 1. The van der Waals surface area contributed by atoms with E-state index in [4.69, 9.17) is 11.6 Å². The van der Waals surface area contributed by atoms with Crippen LogP contribution in [0.25, 0.3) is 0 Å². The molecule has 7 nitrogen and oxygen atoms in total. The van der Waals surface area contributed by atoms with Crippen LogP contribution >= 0.6 is 11.6 Å². The molecule has 0 heterocycles. The van der Waals surface area contributed by atoms with E-state index in [9.17, 15) is 18.0 Å². The lowest BCUT2D eigenvalue weighted by Crippen LogP contribution is -2.53. The zero-order valence-electron chi connectivity index (χ0n) is 22.0. The Morgan fingerprint density at radius 1 is 0.972 bits per heavy atom. The number of anilines is 1. The van der Waals surface area contributed by atoms with Crippen molar-refractivity contribution < 1.29 is 18.0 Å². The molecule has 2 amide bonds. The lowest BCUT2D eigenvalue weighted by Gasteiger charge is -2.34. The summed E-state index contributed by atoms with van der Waals surface area (Å²) in [6.07, 6.45) is 2.19. The van der Waals surface area contributed by atoms with E-state index in [2.05, 4.69) is 5.32 Å². The Bertz CT molecular complexity index is 1150. The number of nitrogens with one attached hydrogen (secondary N) is 1. The molecule has 0 saturated carbocycles. The number of carbonyl (C=O) groups excluding carboxylic acids is 2. The van der Waals surface area contributed by atoms with Gasteiger partial charge in [0.05, 0.1) is 11.9 Å². The maximum absolute atomic E-state index is 13.8. The zero-order valence-corrected chi connectivity index (χ0v) is 23.6. The van der Waals surface area contributed by atoms with Crippen molar-refractivity contribution in [2.45, 2.75) is 72.0 Å². The zero-order chi connectivity index (χ0) is 27.0. The monoisotopic (exact) mass is 535 g/mol. The molecule has 0 saturated heterocycles. The average Bonchev–Trinajstić information content (AvgIpc) is 2.82. The van der Waals surface area contributed by atoms with Gasteiger partial charge in [-0.2, -0.15) is 0 Å². The van der Waals surface area contributed by atoms with Crippen molar-refractivity contribution in [3.05, 3.63) is 64.7 Å². The normalized spacial score (nSPS) is 13.2. The second kappa shape index (κ2) is 13.1. The van der Waals surface area contributed by atoms with E-state index in [0.717, 1.165) is 22.5 Å². The van der Waals surface area contributed by atoms with E-state index in [0.29, 0.717) is 22.7 Å². The smallest absolute Gasteiger partial charge is 0.244 e. The van der Waals surface area contributed by atoms with Crippen molar-refractivity contribution in [3.8, 4) is 0 Å². The number of amides is 2. The number of hydrogen-bond donors (Lipinski definition) is 1. The Balaban J connectivity index is 2.52. The molecule has 0 spiro atoms. The molecular weight excluding hydrogens is 498 g/mol. The van der Waals surface area contributed by atoms with Crippen LogP contribution in [-0.4, -0.2) is 50.0 Å². The van der Waals surface area contributed by atoms with Gasteiger partial charge in [-0.25, -0.2) is 8.42 Å². The van der Waals surface area contributed by atoms with Crippen molar-refractivity contribution in [2.24, 2.45) is 0 Å². The van der Waals surface area contributed by atoms with Crippen molar-refractivity contribution in [1.29, 1.82) is 0 Å². The molecule has 0 fully saturated rings. The summed E-state index contributed by atoms with van der Waals surface area (Å²) in [7, 11) is -3.80. The van der Waals surface area contributed by atoms with E-state index >= 15 is 0 Å². The van der Waals surface area contributed by atoms with Crippen LogP contribution in [0.4, 0.5) is 5.69 Å². The Kier molecular flexibility index (Phi) is 10.8. The maximum Gasteiger partial charge on any atom is 0.244 e. The predicted octanol–water partition coefficient (Wildman–Crippen LogP) is 4.95. The fourth-order valence-corrected chi connectivity index (χ4v) is 5.03. The summed E-state index contributed by atoms with van der Waals surface area (Å²) in [6.45, 7) is 9.28. The van der Waals surface area contributed by atoms with Gasteiger partial charge >= 0.3 is 0 Å². The highest BCUT2D eigenvalue weighted by Crippen LogP contribution is 2.29. The van der Waals surface area contributed by atoms with Crippen LogP contribution in [0.2, 0.25) is 5.02 Å². The van der Waals surface area contributed by atoms with E-state index in [1.54, 1.807) is 30.3 Å². The fourth-order valence-electron chi connectivity index (χ4n) is 3.97. The standard InChI is InChI=1S/C27H38ClN3O4S/c1-7-20(5)29-27(33)24(8-2)30(17-21-13-9-11-15-23(21)28)26(32)18-31(36(6,34)35)25-16-12-10-14-22(25)19(3)4/h9-16,19-20,24H,7-8,17-18H2,1-6H3,(H,29,33)/t20-,24-/m1/s1. The van der Waals surface area contributed by atoms with Crippen LogP contribution in [0.1, 0.15) is 64.5 Å². The van der Waals surface area contributed by atoms with Gasteiger partial charge in [-0.05, 0) is 48.9 Å². The molecule has 0 aromatic heterocycles. The Morgan fingerprint density at radius 2 is 1.58 bits per heavy atom. The maximum atomic E-state index is 13.8. The molecule has 2 rings (SSSR count). The Hall–Kier alpha value is -2.58. The van der Waals surface area contributed by atoms with Crippen LogP contribution < -0.4 is 9.62 Å². The second-order valence-corrected chi connectivity index (χ2v) is 11.7. The third-order valence-corrected chi connectivity index (χ3v) is 7.69. The summed E-state index contributed by atoms with van der Waals surface area (Å²) in [4.78, 5) is 28.5. The van der Waals surface area contributed by atoms with Crippen LogP contribution in [0.15, 0.2) is 48.5 Å². The van der Waals surface area contributed by atoms with Crippen LogP contribution in [0.5, 0.6) is 0 Å². The van der Waals surface area contributed by atoms with Crippen LogP contribution in [0, 0.1) is 0 Å². The molecule has 1 N–H and O–H groups in total. The van der Waals surface area contributed by atoms with Crippen molar-refractivity contribution in [3.63, 3.8) is 0 Å². The highest BCUT2D eigenvalue weighted by molar-refractivity contribution is 7.92. The summed E-state index contributed by atoms with van der Waals surface area (Å²) in [5, 5.41) is 3.43. The molecule has 2 aromatic carbocycles. The molecule has 0 bridgehead atoms.